The molecule has 0 aliphatic heterocycles. The van der Waals surface area contributed by atoms with E-state index in [0.717, 1.165) is 38.5 Å². The summed E-state index contributed by atoms with van der Waals surface area (Å²) in [6.07, 6.45) is -1.73. The fourth-order valence-electron chi connectivity index (χ4n) is 4.45. The van der Waals surface area contributed by atoms with Crippen LogP contribution >= 0.6 is 11.6 Å². The van der Waals surface area contributed by atoms with Crippen molar-refractivity contribution < 1.29 is 17.9 Å². The number of fused-ring (bicyclic) bond motifs is 1. The Balaban J connectivity index is 1.75. The van der Waals surface area contributed by atoms with Gasteiger partial charge >= 0.3 is 6.18 Å². The van der Waals surface area contributed by atoms with E-state index in [4.69, 9.17) is 21.3 Å². The fourth-order valence-corrected chi connectivity index (χ4v) is 4.77. The van der Waals surface area contributed by atoms with Crippen molar-refractivity contribution >= 4 is 34.4 Å². The van der Waals surface area contributed by atoms with Crippen molar-refractivity contribution in [1.82, 2.24) is 14.5 Å². The molecular weight excluding hydrogens is 541 g/mol. The van der Waals surface area contributed by atoms with E-state index in [1.54, 1.807) is 25.3 Å². The molecule has 0 unspecified atom stereocenters. The second-order valence-electron chi connectivity index (χ2n) is 9.51. The molecule has 1 aromatic carbocycles. The van der Waals surface area contributed by atoms with E-state index in [9.17, 15) is 18.0 Å². The van der Waals surface area contributed by atoms with Crippen molar-refractivity contribution in [3.8, 4) is 5.75 Å². The minimum Gasteiger partial charge on any atom is -0.486 e. The average Bonchev–Trinajstić information content (AvgIpc) is 2.86. The van der Waals surface area contributed by atoms with E-state index in [2.05, 4.69) is 9.98 Å². The number of rotatable bonds is 7. The van der Waals surface area contributed by atoms with Gasteiger partial charge in [-0.25, -0.2) is 4.98 Å². The number of halogens is 4. The highest BCUT2D eigenvalue weighted by Crippen LogP contribution is 2.34. The van der Waals surface area contributed by atoms with Crippen LogP contribution in [0.4, 0.5) is 13.2 Å². The van der Waals surface area contributed by atoms with E-state index in [-0.39, 0.29) is 13.2 Å². The number of alkyl halides is 3. The van der Waals surface area contributed by atoms with E-state index in [1.807, 2.05) is 45.9 Å². The molecule has 0 radical (unpaired) electrons. The lowest BCUT2D eigenvalue weighted by Crippen LogP contribution is -2.29. The zero-order chi connectivity index (χ0) is 29.2. The van der Waals surface area contributed by atoms with Crippen LogP contribution in [-0.4, -0.2) is 20.7 Å². The second kappa shape index (κ2) is 11.6. The second-order valence-corrected chi connectivity index (χ2v) is 9.92. The number of hydrogen-bond acceptors (Lipinski definition) is 5. The first-order valence-electron chi connectivity index (χ1n) is 12.5. The predicted octanol–water partition coefficient (Wildman–Crippen LogP) is 7.55. The molecule has 4 rings (SSSR count). The quantitative estimate of drug-likeness (QED) is 0.216. The molecule has 0 fully saturated rings. The monoisotopic (exact) mass is 568 g/mol. The number of pyridine rings is 3. The fraction of sp³-hybridized carbons (Fsp3) is 0.267. The number of hydrogen-bond donors (Lipinski definition) is 0. The van der Waals surface area contributed by atoms with Crippen LogP contribution in [0.5, 0.6) is 5.75 Å². The number of nitrogens with zero attached hydrogens (tertiary/aromatic N) is 4. The summed E-state index contributed by atoms with van der Waals surface area (Å²) in [5, 5.41) is 1.19. The Morgan fingerprint density at radius 2 is 1.82 bits per heavy atom. The van der Waals surface area contributed by atoms with Gasteiger partial charge in [-0.2, -0.15) is 13.2 Å². The Hall–Kier alpha value is -3.98. The van der Waals surface area contributed by atoms with E-state index >= 15 is 0 Å². The van der Waals surface area contributed by atoms with Gasteiger partial charge in [0.15, 0.2) is 0 Å². The van der Waals surface area contributed by atoms with E-state index < -0.39 is 17.3 Å². The largest absolute Gasteiger partial charge is 0.486 e. The Morgan fingerprint density at radius 1 is 1.10 bits per heavy atom. The molecule has 0 N–H and O–H groups in total. The summed E-state index contributed by atoms with van der Waals surface area (Å²) < 4.78 is 47.1. The summed E-state index contributed by atoms with van der Waals surface area (Å²) in [6.45, 7) is 9.21. The average molecular weight is 569 g/mol. The molecule has 0 saturated carbocycles. The van der Waals surface area contributed by atoms with Crippen molar-refractivity contribution in [2.45, 2.75) is 53.9 Å². The third-order valence-corrected chi connectivity index (χ3v) is 6.56. The maximum atomic E-state index is 13.3. The molecule has 40 heavy (non-hydrogen) atoms. The van der Waals surface area contributed by atoms with Crippen LogP contribution in [0.1, 0.15) is 54.5 Å². The Bertz CT molecular complexity index is 1700. The normalized spacial score (nSPS) is 11.8. The van der Waals surface area contributed by atoms with Gasteiger partial charge in [-0.15, -0.1) is 0 Å². The Morgan fingerprint density at radius 3 is 2.50 bits per heavy atom. The smallest absolute Gasteiger partial charge is 0.421 e. The van der Waals surface area contributed by atoms with Gasteiger partial charge in [0, 0.05) is 40.3 Å². The summed E-state index contributed by atoms with van der Waals surface area (Å²) >= 11 is 6.57. The van der Waals surface area contributed by atoms with Crippen molar-refractivity contribution in [2.75, 3.05) is 0 Å². The van der Waals surface area contributed by atoms with Crippen molar-refractivity contribution in [3.05, 3.63) is 103 Å². The molecule has 10 heteroatoms. The number of aromatic nitrogens is 3. The molecule has 0 amide bonds. The van der Waals surface area contributed by atoms with Gasteiger partial charge in [0.2, 0.25) is 0 Å². The standard InChI is InChI=1S/C30H28ClF3N4O2/c1-6-35-27(17(2)3)21-13-18(4)37-28-20(21)9-7-11-26(28)40-16-22-24(31)14-19(5)36-25(22)15-38-12-8-10-23(29(38)39)30(32,33)34/h6-14H,15-16H2,1-5H3/b35-6-. The highest BCUT2D eigenvalue weighted by molar-refractivity contribution is 6.31. The minimum absolute atomic E-state index is 0.0398. The lowest BCUT2D eigenvalue weighted by atomic mass is 10.0. The predicted molar refractivity (Wildman–Crippen MR) is 152 cm³/mol. The number of ether oxygens (including phenoxy) is 1. The molecule has 0 saturated heterocycles. The molecule has 4 aromatic rings. The van der Waals surface area contributed by atoms with Gasteiger partial charge in [-0.1, -0.05) is 29.3 Å². The summed E-state index contributed by atoms with van der Waals surface area (Å²) in [6, 6.07) is 11.2. The third kappa shape index (κ3) is 6.09. The maximum absolute atomic E-state index is 13.3. The molecule has 0 aliphatic rings. The summed E-state index contributed by atoms with van der Waals surface area (Å²) in [4.78, 5) is 26.3. The number of aliphatic imine (C=N–C) groups is 1. The van der Waals surface area contributed by atoms with Crippen molar-refractivity contribution in [1.29, 1.82) is 0 Å². The zero-order valence-corrected chi connectivity index (χ0v) is 23.5. The lowest BCUT2D eigenvalue weighted by Gasteiger charge is -2.17. The van der Waals surface area contributed by atoms with Crippen LogP contribution in [0.25, 0.3) is 16.6 Å². The van der Waals surface area contributed by atoms with Gasteiger partial charge in [0.05, 0.1) is 23.0 Å². The molecule has 208 valence electrons. The summed E-state index contributed by atoms with van der Waals surface area (Å²) in [7, 11) is 0. The van der Waals surface area contributed by atoms with Gasteiger partial charge in [0.1, 0.15) is 23.4 Å². The van der Waals surface area contributed by atoms with Gasteiger partial charge < -0.3 is 9.30 Å². The zero-order valence-electron chi connectivity index (χ0n) is 22.7. The summed E-state index contributed by atoms with van der Waals surface area (Å²) in [5.74, 6) is 0.495. The van der Waals surface area contributed by atoms with Crippen molar-refractivity contribution in [3.63, 3.8) is 0 Å². The molecule has 0 aliphatic carbocycles. The highest BCUT2D eigenvalue weighted by Gasteiger charge is 2.34. The number of benzene rings is 1. The number of allylic oxidation sites excluding steroid dienone is 1. The number of para-hydroxylation sites is 1. The van der Waals surface area contributed by atoms with Crippen LogP contribution in [0.2, 0.25) is 5.02 Å². The molecule has 3 heterocycles. The molecule has 0 atom stereocenters. The number of aryl methyl sites for hydroxylation is 2. The first-order chi connectivity index (χ1) is 18.9. The first kappa shape index (κ1) is 29.0. The van der Waals surface area contributed by atoms with Gasteiger partial charge in [0.25, 0.3) is 5.56 Å². The molecule has 3 aromatic heterocycles. The SMILES string of the molecule is C/C=N\C(=C(C)C)c1cc(C)nc2c(OCc3c(Cl)cc(C)nc3Cn3cccc(C(F)(F)F)c3=O)cccc12. The third-order valence-electron chi connectivity index (χ3n) is 6.22. The molecule has 0 spiro atoms. The van der Waals surface area contributed by atoms with Crippen LogP contribution in [0.3, 0.4) is 0 Å². The molecule has 6 nitrogen and oxygen atoms in total. The Labute approximate surface area is 234 Å². The minimum atomic E-state index is -4.77. The molecule has 0 bridgehead atoms. The van der Waals surface area contributed by atoms with Crippen LogP contribution in [-0.2, 0) is 19.3 Å². The van der Waals surface area contributed by atoms with Crippen LogP contribution < -0.4 is 10.3 Å². The van der Waals surface area contributed by atoms with Gasteiger partial charge in [-0.05, 0) is 65.0 Å². The maximum Gasteiger partial charge on any atom is 0.421 e. The van der Waals surface area contributed by atoms with Gasteiger partial charge in [-0.3, -0.25) is 14.8 Å². The van der Waals surface area contributed by atoms with Crippen LogP contribution in [0.15, 0.2) is 64.0 Å². The van der Waals surface area contributed by atoms with E-state index in [0.29, 0.717) is 33.2 Å². The van der Waals surface area contributed by atoms with Crippen molar-refractivity contribution in [2.24, 2.45) is 4.99 Å². The lowest BCUT2D eigenvalue weighted by molar-refractivity contribution is -0.138. The van der Waals surface area contributed by atoms with Crippen LogP contribution in [0, 0.1) is 13.8 Å². The highest BCUT2D eigenvalue weighted by atomic mass is 35.5. The topological polar surface area (TPSA) is 69.4 Å². The van der Waals surface area contributed by atoms with E-state index in [1.165, 1.54) is 12.3 Å². The summed E-state index contributed by atoms with van der Waals surface area (Å²) in [5.41, 5.74) is 3.17. The molecular formula is C30H28ClF3N4O2. The Kier molecular flexibility index (Phi) is 8.44. The first-order valence-corrected chi connectivity index (χ1v) is 12.9.